The summed E-state index contributed by atoms with van der Waals surface area (Å²) < 4.78 is 0. The highest BCUT2D eigenvalue weighted by molar-refractivity contribution is 6.25. The summed E-state index contributed by atoms with van der Waals surface area (Å²) in [6.45, 7) is 2.82. The molecule has 3 atom stereocenters. The van der Waals surface area contributed by atoms with Crippen molar-refractivity contribution < 1.29 is 34.8 Å². The van der Waals surface area contributed by atoms with Crippen LogP contribution in [0.15, 0.2) is 40.9 Å². The predicted octanol–water partition coefficient (Wildman–Crippen LogP) is 3.22. The lowest BCUT2D eigenvalue weighted by molar-refractivity contribution is -0.144. The number of phenolic OH excluding ortho intramolecular Hbond substituents is 1. The number of aliphatic hydroxyl groups is 3. The first-order valence-electron chi connectivity index (χ1n) is 14.5. The van der Waals surface area contributed by atoms with Gasteiger partial charge in [0.2, 0.25) is 5.78 Å². The minimum absolute atomic E-state index is 0.0238. The second-order valence-corrected chi connectivity index (χ2v) is 12.9. The standard InChI is InChI=1S/C32H37N3O7/c1-31(8-4-5-9-31)34-14-15-6-7-18-19(10-15)26(37)23-20(25(18)35(2)3)12-16-11-17-13-21(36)24(30(33)41)29(40)32(17,42)28(39)22(16)27(23)38/h6-7,10,16-17,34,36-37,39,42H,4-5,8-9,11-14H2,1-3H3,(H2,33,41)/t16?,17-,32-/m0/s1. The molecule has 2 aromatic carbocycles. The predicted molar refractivity (Wildman–Crippen MR) is 156 cm³/mol. The van der Waals surface area contributed by atoms with Crippen LogP contribution in [0.4, 0.5) is 5.69 Å². The molecule has 0 spiro atoms. The van der Waals surface area contributed by atoms with E-state index in [0.717, 1.165) is 29.5 Å². The molecule has 0 saturated heterocycles. The zero-order chi connectivity index (χ0) is 30.3. The number of amides is 1. The Morgan fingerprint density at radius 1 is 1.10 bits per heavy atom. The van der Waals surface area contributed by atoms with Crippen molar-refractivity contribution in [2.75, 3.05) is 19.0 Å². The summed E-state index contributed by atoms with van der Waals surface area (Å²) in [5.74, 6) is -6.28. The molecule has 2 aromatic rings. The van der Waals surface area contributed by atoms with E-state index in [1.54, 1.807) is 0 Å². The molecule has 222 valence electrons. The lowest BCUT2D eigenvalue weighted by Crippen LogP contribution is -2.57. The van der Waals surface area contributed by atoms with Gasteiger partial charge in [-0.3, -0.25) is 14.4 Å². The number of allylic oxidation sites excluding steroid dienone is 2. The largest absolute Gasteiger partial charge is 0.511 e. The molecule has 0 bridgehead atoms. The van der Waals surface area contributed by atoms with Gasteiger partial charge < -0.3 is 36.4 Å². The molecule has 1 saturated carbocycles. The van der Waals surface area contributed by atoms with Crippen LogP contribution in [0.1, 0.15) is 66.9 Å². The third-order valence-electron chi connectivity index (χ3n) is 9.95. The fraction of sp³-hybridized carbons (Fsp3) is 0.469. The van der Waals surface area contributed by atoms with Crippen LogP contribution in [0, 0.1) is 11.8 Å². The van der Waals surface area contributed by atoms with Gasteiger partial charge in [0.1, 0.15) is 22.8 Å². The Kier molecular flexibility index (Phi) is 6.43. The highest BCUT2D eigenvalue weighted by atomic mass is 16.3. The number of fused-ring (bicyclic) bond motifs is 4. The van der Waals surface area contributed by atoms with Crippen LogP contribution < -0.4 is 16.0 Å². The number of anilines is 1. The van der Waals surface area contributed by atoms with E-state index in [1.165, 1.54) is 12.8 Å². The number of carbonyl (C=O) groups excluding carboxylic acids is 3. The highest BCUT2D eigenvalue weighted by Crippen LogP contribution is 2.53. The van der Waals surface area contributed by atoms with Crippen molar-refractivity contribution in [1.82, 2.24) is 5.32 Å². The van der Waals surface area contributed by atoms with Crippen LogP contribution in [-0.4, -0.2) is 63.1 Å². The maximum atomic E-state index is 14.1. The Hall–Kier alpha value is -3.89. The molecule has 0 aliphatic heterocycles. The number of ketones is 2. The molecule has 1 fully saturated rings. The number of hydrogen-bond donors (Lipinski definition) is 6. The zero-order valence-corrected chi connectivity index (χ0v) is 24.1. The van der Waals surface area contributed by atoms with Gasteiger partial charge in [0.15, 0.2) is 11.4 Å². The average Bonchev–Trinajstić information content (AvgIpc) is 3.36. The summed E-state index contributed by atoms with van der Waals surface area (Å²) in [5.41, 5.74) is 4.20. The number of nitrogens with zero attached hydrogens (tertiary/aromatic N) is 1. The van der Waals surface area contributed by atoms with E-state index in [0.29, 0.717) is 17.5 Å². The Balaban J connectivity index is 1.48. The molecule has 42 heavy (non-hydrogen) atoms. The van der Waals surface area contributed by atoms with Crippen molar-refractivity contribution in [3.8, 4) is 5.75 Å². The molecule has 1 amide bonds. The highest BCUT2D eigenvalue weighted by Gasteiger charge is 2.59. The summed E-state index contributed by atoms with van der Waals surface area (Å²) in [5, 5.41) is 49.8. The van der Waals surface area contributed by atoms with Gasteiger partial charge in [0.05, 0.1) is 5.56 Å². The van der Waals surface area contributed by atoms with E-state index in [4.69, 9.17) is 5.73 Å². The van der Waals surface area contributed by atoms with Gasteiger partial charge in [-0.05, 0) is 55.7 Å². The topological polar surface area (TPSA) is 173 Å². The zero-order valence-electron chi connectivity index (χ0n) is 24.1. The van der Waals surface area contributed by atoms with Crippen molar-refractivity contribution >= 4 is 33.9 Å². The molecule has 6 rings (SSSR count). The van der Waals surface area contributed by atoms with Gasteiger partial charge in [-0.2, -0.15) is 0 Å². The average molecular weight is 576 g/mol. The third-order valence-corrected chi connectivity index (χ3v) is 9.95. The van der Waals surface area contributed by atoms with Crippen molar-refractivity contribution in [2.24, 2.45) is 17.6 Å². The van der Waals surface area contributed by atoms with Crippen LogP contribution in [0.3, 0.4) is 0 Å². The van der Waals surface area contributed by atoms with Crippen LogP contribution in [0.2, 0.25) is 0 Å². The normalized spacial score (nSPS) is 26.8. The molecule has 10 heteroatoms. The number of aromatic hydroxyl groups is 1. The minimum Gasteiger partial charge on any atom is -0.511 e. The molecule has 4 aliphatic carbocycles. The first kappa shape index (κ1) is 28.2. The number of rotatable bonds is 5. The number of hydrogen-bond acceptors (Lipinski definition) is 9. The molecule has 4 aliphatic rings. The summed E-state index contributed by atoms with van der Waals surface area (Å²) in [7, 11) is 3.73. The second kappa shape index (κ2) is 9.57. The molecule has 10 nitrogen and oxygen atoms in total. The van der Waals surface area contributed by atoms with Crippen LogP contribution in [-0.2, 0) is 22.6 Å². The van der Waals surface area contributed by atoms with Crippen molar-refractivity contribution in [1.29, 1.82) is 0 Å². The Morgan fingerprint density at radius 2 is 1.79 bits per heavy atom. The lowest BCUT2D eigenvalue weighted by atomic mass is 9.60. The lowest BCUT2D eigenvalue weighted by Gasteiger charge is -2.46. The number of nitrogens with two attached hydrogens (primary N) is 1. The van der Waals surface area contributed by atoms with Gasteiger partial charge in [-0.1, -0.05) is 25.0 Å². The Morgan fingerprint density at radius 3 is 2.43 bits per heavy atom. The summed E-state index contributed by atoms with van der Waals surface area (Å²) in [4.78, 5) is 41.2. The molecule has 0 aromatic heterocycles. The van der Waals surface area contributed by atoms with Crippen LogP contribution >= 0.6 is 0 Å². The first-order chi connectivity index (χ1) is 19.8. The van der Waals surface area contributed by atoms with E-state index in [1.807, 2.05) is 37.2 Å². The number of benzene rings is 2. The van der Waals surface area contributed by atoms with E-state index in [9.17, 15) is 34.8 Å². The van der Waals surface area contributed by atoms with E-state index in [2.05, 4.69) is 12.2 Å². The maximum Gasteiger partial charge on any atom is 0.255 e. The van der Waals surface area contributed by atoms with E-state index in [-0.39, 0.29) is 41.7 Å². The number of aliphatic hydroxyl groups excluding tert-OH is 2. The number of Topliss-reactive ketones (excluding diaryl/α,β-unsaturated/α-hetero) is 2. The van der Waals surface area contributed by atoms with Crippen molar-refractivity contribution in [3.63, 3.8) is 0 Å². The SMILES string of the molecule is CN(C)c1c2c(c(O)c3cc(CNC4(C)CCCC4)ccc13)C(=O)C1=C(O)[C@]3(O)C(=O)C(C(N)=O)=C(O)C[C@@H]3CC1C2. The van der Waals surface area contributed by atoms with Gasteiger partial charge >= 0.3 is 0 Å². The number of phenols is 1. The molecule has 0 heterocycles. The molecule has 1 unspecified atom stereocenters. The molecular weight excluding hydrogens is 538 g/mol. The fourth-order valence-corrected chi connectivity index (χ4v) is 7.78. The Bertz CT molecular complexity index is 1630. The first-order valence-corrected chi connectivity index (χ1v) is 14.5. The van der Waals surface area contributed by atoms with Crippen molar-refractivity contribution in [2.45, 2.75) is 69.6 Å². The van der Waals surface area contributed by atoms with E-state index < -0.39 is 52.0 Å². The smallest absolute Gasteiger partial charge is 0.255 e. The number of carbonyl (C=O) groups is 3. The molecular formula is C32H37N3O7. The minimum atomic E-state index is -2.58. The summed E-state index contributed by atoms with van der Waals surface area (Å²) in [6, 6.07) is 5.85. The number of nitrogens with one attached hydrogen (secondary N) is 1. The monoisotopic (exact) mass is 575 g/mol. The van der Waals surface area contributed by atoms with Gasteiger partial charge in [-0.15, -0.1) is 0 Å². The fourth-order valence-electron chi connectivity index (χ4n) is 7.78. The molecule has 0 radical (unpaired) electrons. The maximum absolute atomic E-state index is 14.1. The van der Waals surface area contributed by atoms with Gasteiger partial charge in [-0.25, -0.2) is 0 Å². The molecule has 7 N–H and O–H groups in total. The Labute approximate surface area is 243 Å². The second-order valence-electron chi connectivity index (χ2n) is 12.9. The number of primary amides is 1. The third kappa shape index (κ3) is 3.95. The summed E-state index contributed by atoms with van der Waals surface area (Å²) >= 11 is 0. The van der Waals surface area contributed by atoms with Crippen LogP contribution in [0.5, 0.6) is 5.75 Å². The van der Waals surface area contributed by atoms with E-state index >= 15 is 0 Å². The summed E-state index contributed by atoms with van der Waals surface area (Å²) in [6.07, 6.45) is 4.68. The van der Waals surface area contributed by atoms with Gasteiger partial charge in [0.25, 0.3) is 5.91 Å². The van der Waals surface area contributed by atoms with Crippen molar-refractivity contribution in [3.05, 3.63) is 57.6 Å². The van der Waals surface area contributed by atoms with Gasteiger partial charge in [0, 0.05) is 60.6 Å². The van der Waals surface area contributed by atoms with Crippen LogP contribution in [0.25, 0.3) is 10.8 Å². The quantitative estimate of drug-likeness (QED) is 0.293.